The lowest BCUT2D eigenvalue weighted by molar-refractivity contribution is 0.590. The van der Waals surface area contributed by atoms with Gasteiger partial charge in [0.1, 0.15) is 11.1 Å². The van der Waals surface area contributed by atoms with E-state index in [2.05, 4.69) is 10.4 Å². The third kappa shape index (κ3) is 5.67. The molecule has 0 amide bonds. The predicted molar refractivity (Wildman–Crippen MR) is 174 cm³/mol. The van der Waals surface area contributed by atoms with Crippen LogP contribution in [0.5, 0.6) is 0 Å². The van der Waals surface area contributed by atoms with E-state index in [1.807, 2.05) is 159 Å². The molecule has 0 radical (unpaired) electrons. The molecule has 6 rings (SSSR count). The number of hydrogen-bond donors (Lipinski definition) is 2. The fourth-order valence-electron chi connectivity index (χ4n) is 4.83. The molecule has 0 aliphatic heterocycles. The van der Waals surface area contributed by atoms with Crippen molar-refractivity contribution in [2.75, 3.05) is 10.4 Å². The van der Waals surface area contributed by atoms with Crippen LogP contribution >= 0.6 is 7.29 Å². The molecule has 0 bridgehead atoms. The normalized spacial score (nSPS) is 12.8. The molecule has 5 aromatic carbocycles. The van der Waals surface area contributed by atoms with Crippen LogP contribution in [0.3, 0.4) is 0 Å². The molecular formula is C35H30N5OP. The molecule has 206 valence electrons. The maximum absolute atomic E-state index is 15.5. The molecule has 0 saturated carbocycles. The Morgan fingerprint density at radius 1 is 0.667 bits per heavy atom. The van der Waals surface area contributed by atoms with Crippen molar-refractivity contribution in [3.8, 4) is 5.69 Å². The molecule has 7 heteroatoms. The molecule has 1 unspecified atom stereocenters. The van der Waals surface area contributed by atoms with Gasteiger partial charge in [0, 0.05) is 22.2 Å². The van der Waals surface area contributed by atoms with Gasteiger partial charge < -0.3 is 10.4 Å². The highest BCUT2D eigenvalue weighted by molar-refractivity contribution is 7.80. The number of nitrogens with zero attached hydrogens (tertiary/aromatic N) is 3. The standard InChI is InChI=1S/C35H30N5OP/c1-27-33(42(41,32-25-15-6-16-26-32)39-30-21-11-4-12-22-30)35(40(38-27)31-23-13-5-14-24-31)37-34(28-17-7-2-8-18-28)36-29-19-9-3-10-20-29/h2-26H,1H3,(H,36,37)(H,39,41). The third-order valence-electron chi connectivity index (χ3n) is 6.80. The van der Waals surface area contributed by atoms with Gasteiger partial charge in [-0.15, -0.1) is 0 Å². The summed E-state index contributed by atoms with van der Waals surface area (Å²) in [6.07, 6.45) is 0. The van der Waals surface area contributed by atoms with Crippen LogP contribution in [0, 0.1) is 6.92 Å². The summed E-state index contributed by atoms with van der Waals surface area (Å²) in [6, 6.07) is 48.8. The van der Waals surface area contributed by atoms with Gasteiger partial charge >= 0.3 is 0 Å². The van der Waals surface area contributed by atoms with Gasteiger partial charge in [-0.3, -0.25) is 4.57 Å². The minimum Gasteiger partial charge on any atom is -0.340 e. The van der Waals surface area contributed by atoms with Crippen molar-refractivity contribution >= 4 is 40.9 Å². The van der Waals surface area contributed by atoms with Gasteiger partial charge in [0.05, 0.1) is 11.4 Å². The summed E-state index contributed by atoms with van der Waals surface area (Å²) in [5.41, 5.74) is 3.96. The number of aromatic nitrogens is 2. The van der Waals surface area contributed by atoms with Gasteiger partial charge in [0.15, 0.2) is 5.82 Å². The number of para-hydroxylation sites is 3. The Morgan fingerprint density at radius 3 is 1.76 bits per heavy atom. The van der Waals surface area contributed by atoms with E-state index < -0.39 is 7.29 Å². The Labute approximate surface area is 245 Å². The molecule has 42 heavy (non-hydrogen) atoms. The van der Waals surface area contributed by atoms with Crippen molar-refractivity contribution in [1.82, 2.24) is 9.78 Å². The number of aryl methyl sites for hydroxylation is 1. The van der Waals surface area contributed by atoms with Crippen molar-refractivity contribution in [3.05, 3.63) is 163 Å². The largest absolute Gasteiger partial charge is 0.340 e. The van der Waals surface area contributed by atoms with Crippen LogP contribution in [-0.4, -0.2) is 15.6 Å². The molecule has 0 aliphatic rings. The Balaban J connectivity index is 1.63. The van der Waals surface area contributed by atoms with Gasteiger partial charge in [-0.05, 0) is 55.5 Å². The summed E-state index contributed by atoms with van der Waals surface area (Å²) in [6.45, 7) is 1.89. The summed E-state index contributed by atoms with van der Waals surface area (Å²) >= 11 is 0. The van der Waals surface area contributed by atoms with E-state index >= 15 is 4.57 Å². The smallest absolute Gasteiger partial charge is 0.232 e. The fourth-order valence-corrected chi connectivity index (χ4v) is 7.36. The van der Waals surface area contributed by atoms with E-state index in [1.54, 1.807) is 4.68 Å². The number of hydrogen-bond acceptors (Lipinski definition) is 3. The average Bonchev–Trinajstić information content (AvgIpc) is 3.39. The van der Waals surface area contributed by atoms with Crippen molar-refractivity contribution in [2.24, 2.45) is 4.99 Å². The molecular weight excluding hydrogens is 537 g/mol. The third-order valence-corrected chi connectivity index (χ3v) is 9.55. The first-order valence-electron chi connectivity index (χ1n) is 13.7. The minimum atomic E-state index is -3.52. The van der Waals surface area contributed by atoms with E-state index in [-0.39, 0.29) is 0 Å². The summed E-state index contributed by atoms with van der Waals surface area (Å²) in [7, 11) is -3.52. The van der Waals surface area contributed by atoms with Crippen LogP contribution < -0.4 is 21.0 Å². The van der Waals surface area contributed by atoms with Crippen LogP contribution in [0.2, 0.25) is 0 Å². The average molecular weight is 568 g/mol. The second-order valence-electron chi connectivity index (χ2n) is 9.75. The maximum Gasteiger partial charge on any atom is 0.232 e. The molecule has 1 heterocycles. The fraction of sp³-hybridized carbons (Fsp3) is 0.0286. The molecule has 6 aromatic rings. The summed E-state index contributed by atoms with van der Waals surface area (Å²) in [5, 5.41) is 13.1. The van der Waals surface area contributed by atoms with Crippen molar-refractivity contribution in [2.45, 2.75) is 6.92 Å². The molecule has 0 aliphatic carbocycles. The highest BCUT2D eigenvalue weighted by atomic mass is 31.2. The SMILES string of the molecule is Cc1nn(-c2ccccc2)c(/N=C(\Nc2ccccc2)c2ccccc2)c1P(=O)(Nc1ccccc1)c1ccccc1. The Hall–Kier alpha value is -5.19. The van der Waals surface area contributed by atoms with E-state index in [1.165, 1.54) is 0 Å². The molecule has 0 saturated heterocycles. The van der Waals surface area contributed by atoms with E-state index in [0.717, 1.165) is 22.6 Å². The van der Waals surface area contributed by atoms with Crippen molar-refractivity contribution < 1.29 is 4.57 Å². The number of benzene rings is 5. The molecule has 0 fully saturated rings. The Bertz CT molecular complexity index is 1840. The molecule has 0 spiro atoms. The zero-order valence-corrected chi connectivity index (χ0v) is 24.0. The van der Waals surface area contributed by atoms with E-state index in [4.69, 9.17) is 10.1 Å². The predicted octanol–water partition coefficient (Wildman–Crippen LogP) is 7.71. The van der Waals surface area contributed by atoms with Crippen LogP contribution in [0.15, 0.2) is 157 Å². The monoisotopic (exact) mass is 567 g/mol. The second kappa shape index (κ2) is 12.1. The molecule has 6 nitrogen and oxygen atoms in total. The van der Waals surface area contributed by atoms with E-state index in [0.29, 0.717) is 28.0 Å². The van der Waals surface area contributed by atoms with Gasteiger partial charge in [-0.25, -0.2) is 9.67 Å². The van der Waals surface area contributed by atoms with Gasteiger partial charge in [-0.2, -0.15) is 5.10 Å². The van der Waals surface area contributed by atoms with Crippen LogP contribution in [-0.2, 0) is 4.57 Å². The highest BCUT2D eigenvalue weighted by Crippen LogP contribution is 2.47. The number of rotatable bonds is 8. The first-order chi connectivity index (χ1) is 20.6. The van der Waals surface area contributed by atoms with Crippen molar-refractivity contribution in [3.63, 3.8) is 0 Å². The topological polar surface area (TPSA) is 71.3 Å². The van der Waals surface area contributed by atoms with Crippen LogP contribution in [0.1, 0.15) is 11.3 Å². The van der Waals surface area contributed by atoms with Crippen molar-refractivity contribution in [1.29, 1.82) is 0 Å². The van der Waals surface area contributed by atoms with Crippen LogP contribution in [0.4, 0.5) is 17.2 Å². The summed E-state index contributed by atoms with van der Waals surface area (Å²) in [4.78, 5) is 5.25. The first kappa shape index (κ1) is 27.0. The van der Waals surface area contributed by atoms with E-state index in [9.17, 15) is 0 Å². The second-order valence-corrected chi connectivity index (χ2v) is 12.2. The quantitative estimate of drug-likeness (QED) is 0.112. The Kier molecular flexibility index (Phi) is 7.80. The first-order valence-corrected chi connectivity index (χ1v) is 15.4. The number of aliphatic imine (C=N–C) groups is 1. The zero-order valence-electron chi connectivity index (χ0n) is 23.1. The molecule has 2 N–H and O–H groups in total. The van der Waals surface area contributed by atoms with Crippen LogP contribution in [0.25, 0.3) is 5.69 Å². The highest BCUT2D eigenvalue weighted by Gasteiger charge is 2.36. The number of nitrogens with one attached hydrogen (secondary N) is 2. The van der Waals surface area contributed by atoms with Gasteiger partial charge in [-0.1, -0.05) is 103 Å². The summed E-state index contributed by atoms with van der Waals surface area (Å²) in [5.74, 6) is 1.09. The molecule has 1 aromatic heterocycles. The van der Waals surface area contributed by atoms with Gasteiger partial charge in [0.25, 0.3) is 0 Å². The summed E-state index contributed by atoms with van der Waals surface area (Å²) < 4.78 is 17.3. The lowest BCUT2D eigenvalue weighted by atomic mass is 10.2. The lowest BCUT2D eigenvalue weighted by Crippen LogP contribution is -2.24. The number of amidine groups is 1. The Morgan fingerprint density at radius 2 is 1.17 bits per heavy atom. The molecule has 1 atom stereocenters. The minimum absolute atomic E-state index is 0.483. The maximum atomic E-state index is 15.5. The number of anilines is 2. The van der Waals surface area contributed by atoms with Gasteiger partial charge in [0.2, 0.25) is 7.29 Å². The lowest BCUT2D eigenvalue weighted by Gasteiger charge is -2.22. The zero-order chi connectivity index (χ0) is 28.8.